The smallest absolute Gasteiger partial charge is 0.408 e. The van der Waals surface area contributed by atoms with Crippen molar-refractivity contribution in [3.05, 3.63) is 0 Å². The highest BCUT2D eigenvalue weighted by molar-refractivity contribution is 8.00. The van der Waals surface area contributed by atoms with Gasteiger partial charge < -0.3 is 14.8 Å². The molecule has 1 aliphatic rings. The summed E-state index contributed by atoms with van der Waals surface area (Å²) in [6, 6.07) is -0.468. The summed E-state index contributed by atoms with van der Waals surface area (Å²) in [5.74, 6) is 1.19. The lowest BCUT2D eigenvalue weighted by atomic mass is 9.86. The largest absolute Gasteiger partial charge is 0.444 e. The molecule has 18 heavy (non-hydrogen) atoms. The molecule has 1 rings (SSSR count). The number of aldehydes is 1. The minimum absolute atomic E-state index is 0.0145. The van der Waals surface area contributed by atoms with Gasteiger partial charge in [0.2, 0.25) is 0 Å². The molecule has 0 spiro atoms. The molecule has 1 amide bonds. The highest BCUT2D eigenvalue weighted by Crippen LogP contribution is 2.43. The molecule has 0 radical (unpaired) electrons. The molecule has 1 saturated heterocycles. The molecule has 0 aromatic heterocycles. The predicted molar refractivity (Wildman–Crippen MR) is 73.9 cm³/mol. The van der Waals surface area contributed by atoms with Crippen LogP contribution in [0.25, 0.3) is 0 Å². The number of amides is 1. The zero-order chi connectivity index (χ0) is 14.0. The number of hydrogen-bond donors (Lipinski definition) is 1. The van der Waals surface area contributed by atoms with Crippen LogP contribution < -0.4 is 5.32 Å². The monoisotopic (exact) mass is 273 g/mol. The van der Waals surface area contributed by atoms with E-state index < -0.39 is 17.7 Å². The fourth-order valence-corrected chi connectivity index (χ4v) is 3.57. The second-order valence-corrected chi connectivity index (χ2v) is 7.90. The molecule has 0 bridgehead atoms. The minimum Gasteiger partial charge on any atom is -0.444 e. The van der Waals surface area contributed by atoms with E-state index in [1.807, 2.05) is 11.8 Å². The van der Waals surface area contributed by atoms with Gasteiger partial charge in [0, 0.05) is 10.7 Å². The Balaban J connectivity index is 2.63. The average molecular weight is 273 g/mol. The van der Waals surface area contributed by atoms with Crippen molar-refractivity contribution in [2.75, 3.05) is 5.75 Å². The second kappa shape index (κ2) is 5.51. The van der Waals surface area contributed by atoms with Crippen LogP contribution in [-0.4, -0.2) is 34.5 Å². The lowest BCUT2D eigenvalue weighted by Gasteiger charge is -2.31. The molecule has 2 unspecified atom stereocenters. The van der Waals surface area contributed by atoms with E-state index in [1.165, 1.54) is 0 Å². The lowest BCUT2D eigenvalue weighted by Crippen LogP contribution is -2.48. The molecular weight excluding hydrogens is 250 g/mol. The summed E-state index contributed by atoms with van der Waals surface area (Å²) in [7, 11) is 0. The van der Waals surface area contributed by atoms with Crippen molar-refractivity contribution in [1.29, 1.82) is 0 Å². The number of alkyl carbamates (subject to hydrolysis) is 1. The van der Waals surface area contributed by atoms with Gasteiger partial charge in [-0.1, -0.05) is 13.8 Å². The zero-order valence-corrected chi connectivity index (χ0v) is 12.6. The van der Waals surface area contributed by atoms with Crippen LogP contribution >= 0.6 is 11.8 Å². The van der Waals surface area contributed by atoms with Gasteiger partial charge >= 0.3 is 6.09 Å². The molecule has 5 heteroatoms. The Morgan fingerprint density at radius 2 is 2.11 bits per heavy atom. The van der Waals surface area contributed by atoms with Crippen LogP contribution in [0, 0.1) is 5.92 Å². The molecular formula is C13H23NO3S. The van der Waals surface area contributed by atoms with Crippen molar-refractivity contribution >= 4 is 24.1 Å². The van der Waals surface area contributed by atoms with Crippen molar-refractivity contribution in [1.82, 2.24) is 5.32 Å². The maximum Gasteiger partial charge on any atom is 0.408 e. The highest BCUT2D eigenvalue weighted by atomic mass is 32.2. The summed E-state index contributed by atoms with van der Waals surface area (Å²) in [6.45, 7) is 9.64. The van der Waals surface area contributed by atoms with Gasteiger partial charge in [-0.3, -0.25) is 0 Å². The molecule has 2 atom stereocenters. The molecule has 1 fully saturated rings. The summed E-state index contributed by atoms with van der Waals surface area (Å²) in [5.41, 5.74) is -0.544. The van der Waals surface area contributed by atoms with Crippen molar-refractivity contribution in [2.45, 2.75) is 57.4 Å². The first-order valence-corrected chi connectivity index (χ1v) is 7.23. The third-order valence-corrected chi connectivity index (χ3v) is 4.55. The van der Waals surface area contributed by atoms with Gasteiger partial charge in [0.05, 0.1) is 6.04 Å². The van der Waals surface area contributed by atoms with Crippen LogP contribution in [0.5, 0.6) is 0 Å². The minimum atomic E-state index is -0.544. The van der Waals surface area contributed by atoms with E-state index in [2.05, 4.69) is 19.2 Å². The van der Waals surface area contributed by atoms with Gasteiger partial charge in [-0.05, 0) is 32.9 Å². The Labute approximate surface area is 113 Å². The third kappa shape index (κ3) is 4.19. The maximum atomic E-state index is 11.7. The zero-order valence-electron chi connectivity index (χ0n) is 11.8. The van der Waals surface area contributed by atoms with E-state index in [9.17, 15) is 9.59 Å². The van der Waals surface area contributed by atoms with E-state index in [0.717, 1.165) is 18.5 Å². The third-order valence-electron chi connectivity index (χ3n) is 3.06. The SMILES string of the molecule is CC(C)(C)OC(=O)NC(C=O)C1CCSC1(C)C. The van der Waals surface area contributed by atoms with Crippen LogP contribution in [0.4, 0.5) is 4.79 Å². The van der Waals surface area contributed by atoms with Gasteiger partial charge in [0.25, 0.3) is 0 Å². The number of carbonyl (C=O) groups excluding carboxylic acids is 2. The van der Waals surface area contributed by atoms with Crippen LogP contribution in [0.15, 0.2) is 0 Å². The van der Waals surface area contributed by atoms with Crippen molar-refractivity contribution in [3.63, 3.8) is 0 Å². The fourth-order valence-electron chi connectivity index (χ4n) is 2.19. The maximum absolute atomic E-state index is 11.7. The number of ether oxygens (including phenoxy) is 1. The van der Waals surface area contributed by atoms with E-state index in [0.29, 0.717) is 0 Å². The topological polar surface area (TPSA) is 55.4 Å². The van der Waals surface area contributed by atoms with Gasteiger partial charge in [0.15, 0.2) is 0 Å². The van der Waals surface area contributed by atoms with Crippen molar-refractivity contribution in [3.8, 4) is 0 Å². The Kier molecular flexibility index (Phi) is 4.70. The first-order valence-electron chi connectivity index (χ1n) is 6.24. The molecule has 1 heterocycles. The first kappa shape index (κ1) is 15.3. The van der Waals surface area contributed by atoms with E-state index in [4.69, 9.17) is 4.74 Å². The Hall–Kier alpha value is -0.710. The number of rotatable bonds is 3. The number of thioether (sulfide) groups is 1. The molecule has 4 nitrogen and oxygen atoms in total. The first-order chi connectivity index (χ1) is 8.15. The van der Waals surface area contributed by atoms with E-state index >= 15 is 0 Å². The summed E-state index contributed by atoms with van der Waals surface area (Å²) in [4.78, 5) is 22.9. The van der Waals surface area contributed by atoms with Gasteiger partial charge in [0.1, 0.15) is 11.9 Å². The standard InChI is InChI=1S/C13H23NO3S/c1-12(2,3)17-11(16)14-10(8-15)9-6-7-18-13(9,4)5/h8-10H,6-7H2,1-5H3,(H,14,16). The van der Waals surface area contributed by atoms with Crippen LogP contribution in [0.3, 0.4) is 0 Å². The molecule has 0 aromatic rings. The van der Waals surface area contributed by atoms with Crippen LogP contribution in [-0.2, 0) is 9.53 Å². The van der Waals surface area contributed by atoms with Crippen LogP contribution in [0.2, 0.25) is 0 Å². The molecule has 104 valence electrons. The Morgan fingerprint density at radius 1 is 1.50 bits per heavy atom. The van der Waals surface area contributed by atoms with Gasteiger partial charge in [-0.25, -0.2) is 4.79 Å². The normalized spacial score (nSPS) is 24.4. The lowest BCUT2D eigenvalue weighted by molar-refractivity contribution is -0.111. The molecule has 0 saturated carbocycles. The quantitative estimate of drug-likeness (QED) is 0.803. The number of nitrogens with one attached hydrogen (secondary N) is 1. The summed E-state index contributed by atoms with van der Waals surface area (Å²) < 4.78 is 5.20. The number of carbonyl (C=O) groups is 2. The number of hydrogen-bond acceptors (Lipinski definition) is 4. The highest BCUT2D eigenvalue weighted by Gasteiger charge is 2.41. The Morgan fingerprint density at radius 3 is 2.50 bits per heavy atom. The summed E-state index contributed by atoms with van der Waals surface area (Å²) in [5, 5.41) is 2.68. The van der Waals surface area contributed by atoms with Crippen molar-refractivity contribution < 1.29 is 14.3 Å². The average Bonchev–Trinajstić information content (AvgIpc) is 2.52. The van der Waals surface area contributed by atoms with E-state index in [1.54, 1.807) is 20.8 Å². The van der Waals surface area contributed by atoms with Gasteiger partial charge in [-0.2, -0.15) is 11.8 Å². The fraction of sp³-hybridized carbons (Fsp3) is 0.846. The molecule has 0 aromatic carbocycles. The van der Waals surface area contributed by atoms with Crippen LogP contribution in [0.1, 0.15) is 41.0 Å². The van der Waals surface area contributed by atoms with E-state index in [-0.39, 0.29) is 10.7 Å². The Bertz CT molecular complexity index is 323. The molecule has 1 aliphatic heterocycles. The predicted octanol–water partition coefficient (Wildman–Crippen LogP) is 2.61. The molecule has 0 aliphatic carbocycles. The van der Waals surface area contributed by atoms with Gasteiger partial charge in [-0.15, -0.1) is 0 Å². The molecule has 1 N–H and O–H groups in total. The summed E-state index contributed by atoms with van der Waals surface area (Å²) in [6.07, 6.45) is 1.24. The summed E-state index contributed by atoms with van der Waals surface area (Å²) >= 11 is 1.84. The van der Waals surface area contributed by atoms with Crippen molar-refractivity contribution in [2.24, 2.45) is 5.92 Å². The second-order valence-electron chi connectivity index (χ2n) is 6.16.